The number of nitriles is 1. The van der Waals surface area contributed by atoms with Gasteiger partial charge in [0.05, 0.1) is 11.6 Å². The topological polar surface area (TPSA) is 48.7 Å². The number of anilines is 2. The van der Waals surface area contributed by atoms with E-state index >= 15 is 0 Å². The molecule has 1 heterocycles. The number of aromatic nitrogens is 1. The molecule has 0 atom stereocenters. The average molecular weight is 288 g/mol. The summed E-state index contributed by atoms with van der Waals surface area (Å²) in [6.07, 6.45) is 1.76. The molecular weight excluding hydrogens is 278 g/mol. The minimum absolute atomic E-state index is 0.629. The molecular formula is C13H10BrN3. The molecule has 4 heteroatoms. The molecule has 3 nitrogen and oxygen atoms in total. The average Bonchev–Trinajstić information content (AvgIpc) is 2.34. The van der Waals surface area contributed by atoms with Gasteiger partial charge in [0.25, 0.3) is 0 Å². The molecule has 1 aromatic carbocycles. The summed E-state index contributed by atoms with van der Waals surface area (Å²) < 4.78 is 0.980. The van der Waals surface area contributed by atoms with Crippen LogP contribution in [0.5, 0.6) is 0 Å². The Morgan fingerprint density at radius 3 is 2.88 bits per heavy atom. The zero-order chi connectivity index (χ0) is 12.3. The van der Waals surface area contributed by atoms with Crippen molar-refractivity contribution in [2.75, 3.05) is 5.32 Å². The number of benzene rings is 1. The number of hydrogen-bond acceptors (Lipinski definition) is 3. The summed E-state index contributed by atoms with van der Waals surface area (Å²) in [6, 6.07) is 11.4. The lowest BCUT2D eigenvalue weighted by Gasteiger charge is -2.07. The first-order valence-corrected chi connectivity index (χ1v) is 5.87. The van der Waals surface area contributed by atoms with Gasteiger partial charge in [-0.1, -0.05) is 6.07 Å². The summed E-state index contributed by atoms with van der Waals surface area (Å²) in [5.74, 6) is 0.765. The number of pyridine rings is 1. The predicted molar refractivity (Wildman–Crippen MR) is 71.1 cm³/mol. The molecule has 2 rings (SSSR count). The predicted octanol–water partition coefficient (Wildman–Crippen LogP) is 3.77. The fourth-order valence-corrected chi connectivity index (χ4v) is 1.64. The van der Waals surface area contributed by atoms with E-state index < -0.39 is 0 Å². The van der Waals surface area contributed by atoms with Gasteiger partial charge in [-0.15, -0.1) is 0 Å². The van der Waals surface area contributed by atoms with Crippen LogP contribution >= 0.6 is 15.9 Å². The van der Waals surface area contributed by atoms with Crippen molar-refractivity contribution in [3.05, 3.63) is 52.1 Å². The van der Waals surface area contributed by atoms with E-state index in [2.05, 4.69) is 32.3 Å². The van der Waals surface area contributed by atoms with Crippen LogP contribution in [0.1, 0.15) is 11.1 Å². The lowest BCUT2D eigenvalue weighted by Crippen LogP contribution is -1.94. The summed E-state index contributed by atoms with van der Waals surface area (Å²) in [5, 5.41) is 12.0. The van der Waals surface area contributed by atoms with Gasteiger partial charge < -0.3 is 5.32 Å². The third kappa shape index (κ3) is 2.83. The van der Waals surface area contributed by atoms with Crippen molar-refractivity contribution in [1.29, 1.82) is 5.26 Å². The SMILES string of the molecule is Cc1cc(Nc2cccc(C#N)c2)ncc1Br. The van der Waals surface area contributed by atoms with Crippen molar-refractivity contribution >= 4 is 27.4 Å². The molecule has 0 amide bonds. The number of aryl methyl sites for hydroxylation is 1. The van der Waals surface area contributed by atoms with Crippen molar-refractivity contribution in [3.63, 3.8) is 0 Å². The summed E-state index contributed by atoms with van der Waals surface area (Å²) in [6.45, 7) is 2.00. The van der Waals surface area contributed by atoms with Crippen molar-refractivity contribution in [2.24, 2.45) is 0 Å². The summed E-state index contributed by atoms with van der Waals surface area (Å²) in [7, 11) is 0. The Hall–Kier alpha value is -1.86. The van der Waals surface area contributed by atoms with Crippen LogP contribution in [0.15, 0.2) is 41.0 Å². The minimum atomic E-state index is 0.629. The molecule has 1 aromatic heterocycles. The highest BCUT2D eigenvalue weighted by Gasteiger charge is 2.00. The molecule has 17 heavy (non-hydrogen) atoms. The molecule has 0 saturated heterocycles. The highest BCUT2D eigenvalue weighted by molar-refractivity contribution is 9.10. The van der Waals surface area contributed by atoms with E-state index in [-0.39, 0.29) is 0 Å². The van der Waals surface area contributed by atoms with Gasteiger partial charge in [0, 0.05) is 16.4 Å². The van der Waals surface area contributed by atoms with Gasteiger partial charge in [0.2, 0.25) is 0 Å². The lowest BCUT2D eigenvalue weighted by atomic mass is 10.2. The second-order valence-electron chi connectivity index (χ2n) is 3.64. The van der Waals surface area contributed by atoms with Gasteiger partial charge in [0.15, 0.2) is 0 Å². The van der Waals surface area contributed by atoms with E-state index in [1.165, 1.54) is 0 Å². The van der Waals surface area contributed by atoms with Crippen LogP contribution in [0.2, 0.25) is 0 Å². The molecule has 0 saturated carbocycles. The monoisotopic (exact) mass is 287 g/mol. The zero-order valence-corrected chi connectivity index (χ0v) is 10.8. The van der Waals surface area contributed by atoms with Crippen LogP contribution in [0, 0.1) is 18.3 Å². The molecule has 0 aliphatic heterocycles. The first-order valence-electron chi connectivity index (χ1n) is 5.08. The Morgan fingerprint density at radius 1 is 1.35 bits per heavy atom. The smallest absolute Gasteiger partial charge is 0.130 e. The van der Waals surface area contributed by atoms with E-state index in [1.807, 2.05) is 25.1 Å². The first kappa shape index (κ1) is 11.6. The molecule has 0 unspecified atom stereocenters. The van der Waals surface area contributed by atoms with Crippen LogP contribution in [0.25, 0.3) is 0 Å². The molecule has 84 valence electrons. The van der Waals surface area contributed by atoms with Crippen LogP contribution < -0.4 is 5.32 Å². The highest BCUT2D eigenvalue weighted by Crippen LogP contribution is 2.20. The van der Waals surface area contributed by atoms with Crippen molar-refractivity contribution in [3.8, 4) is 6.07 Å². The van der Waals surface area contributed by atoms with Crippen LogP contribution in [0.4, 0.5) is 11.5 Å². The lowest BCUT2D eigenvalue weighted by molar-refractivity contribution is 1.25. The van der Waals surface area contributed by atoms with E-state index in [1.54, 1.807) is 18.3 Å². The molecule has 2 aromatic rings. The Kier molecular flexibility index (Phi) is 3.40. The first-order chi connectivity index (χ1) is 8.19. The Balaban J connectivity index is 2.25. The maximum absolute atomic E-state index is 8.81. The number of hydrogen-bond donors (Lipinski definition) is 1. The van der Waals surface area contributed by atoms with Crippen molar-refractivity contribution in [2.45, 2.75) is 6.92 Å². The second kappa shape index (κ2) is 4.98. The van der Waals surface area contributed by atoms with Gasteiger partial charge in [0.1, 0.15) is 5.82 Å². The van der Waals surface area contributed by atoms with Gasteiger partial charge in [-0.25, -0.2) is 4.98 Å². The molecule has 0 aliphatic carbocycles. The van der Waals surface area contributed by atoms with E-state index in [0.717, 1.165) is 21.5 Å². The van der Waals surface area contributed by atoms with Gasteiger partial charge >= 0.3 is 0 Å². The Morgan fingerprint density at radius 2 is 2.18 bits per heavy atom. The fraction of sp³-hybridized carbons (Fsp3) is 0.0769. The molecule has 0 bridgehead atoms. The number of nitrogens with zero attached hydrogens (tertiary/aromatic N) is 2. The van der Waals surface area contributed by atoms with E-state index in [0.29, 0.717) is 5.56 Å². The maximum atomic E-state index is 8.81. The largest absolute Gasteiger partial charge is 0.340 e. The minimum Gasteiger partial charge on any atom is -0.340 e. The molecule has 0 fully saturated rings. The molecule has 1 N–H and O–H groups in total. The van der Waals surface area contributed by atoms with E-state index in [4.69, 9.17) is 5.26 Å². The van der Waals surface area contributed by atoms with Crippen molar-refractivity contribution in [1.82, 2.24) is 4.98 Å². The van der Waals surface area contributed by atoms with Crippen molar-refractivity contribution < 1.29 is 0 Å². The number of rotatable bonds is 2. The maximum Gasteiger partial charge on any atom is 0.130 e. The third-order valence-electron chi connectivity index (χ3n) is 2.31. The van der Waals surface area contributed by atoms with Crippen LogP contribution in [0.3, 0.4) is 0 Å². The summed E-state index contributed by atoms with van der Waals surface area (Å²) in [5.41, 5.74) is 2.60. The van der Waals surface area contributed by atoms with Gasteiger partial charge in [-0.3, -0.25) is 0 Å². The summed E-state index contributed by atoms with van der Waals surface area (Å²) in [4.78, 5) is 4.25. The molecule has 0 aliphatic rings. The van der Waals surface area contributed by atoms with Gasteiger partial charge in [-0.2, -0.15) is 5.26 Å². The normalized spacial score (nSPS) is 9.71. The second-order valence-corrected chi connectivity index (χ2v) is 4.49. The van der Waals surface area contributed by atoms with E-state index in [9.17, 15) is 0 Å². The van der Waals surface area contributed by atoms with Crippen LogP contribution in [-0.2, 0) is 0 Å². The third-order valence-corrected chi connectivity index (χ3v) is 3.14. The number of nitrogens with one attached hydrogen (secondary N) is 1. The number of halogens is 1. The zero-order valence-electron chi connectivity index (χ0n) is 9.24. The van der Waals surface area contributed by atoms with Gasteiger partial charge in [-0.05, 0) is 52.7 Å². The quantitative estimate of drug-likeness (QED) is 0.915. The van der Waals surface area contributed by atoms with Crippen LogP contribution in [-0.4, -0.2) is 4.98 Å². The Bertz CT molecular complexity index is 587. The molecule has 0 radical (unpaired) electrons. The standard InChI is InChI=1S/C13H10BrN3/c1-9-5-13(16-8-12(9)14)17-11-4-2-3-10(6-11)7-15/h2-6,8H,1H3,(H,16,17). The Labute approximate surface area is 108 Å². The fourth-order valence-electron chi connectivity index (χ4n) is 1.42. The molecule has 0 spiro atoms. The highest BCUT2D eigenvalue weighted by atomic mass is 79.9. The summed E-state index contributed by atoms with van der Waals surface area (Å²) >= 11 is 3.40.